The van der Waals surface area contributed by atoms with Crippen LogP contribution in [0.4, 0.5) is 0 Å². The van der Waals surface area contributed by atoms with E-state index in [0.717, 1.165) is 15.4 Å². The summed E-state index contributed by atoms with van der Waals surface area (Å²) in [6, 6.07) is 5.98. The second-order valence-corrected chi connectivity index (χ2v) is 6.09. The van der Waals surface area contributed by atoms with Gasteiger partial charge in [-0.3, -0.25) is 4.79 Å². The van der Waals surface area contributed by atoms with Crippen molar-refractivity contribution in [1.29, 1.82) is 0 Å². The number of rotatable bonds is 4. The number of benzene rings is 1. The first-order valence-electron chi connectivity index (χ1n) is 4.51. The van der Waals surface area contributed by atoms with Gasteiger partial charge in [0.15, 0.2) is 5.78 Å². The van der Waals surface area contributed by atoms with Crippen LogP contribution in [0.3, 0.4) is 0 Å². The Bertz CT molecular complexity index is 341. The number of Topliss-reactive ketones (excluding diaryl/α,β-unsaturated/α-hetero) is 1. The van der Waals surface area contributed by atoms with Crippen molar-refractivity contribution in [1.82, 2.24) is 0 Å². The molecule has 0 aliphatic carbocycles. The van der Waals surface area contributed by atoms with E-state index in [-0.39, 0.29) is 10.6 Å². The molecule has 15 heavy (non-hydrogen) atoms. The largest absolute Gasteiger partial charge is 0.293 e. The van der Waals surface area contributed by atoms with E-state index in [1.54, 1.807) is 23.5 Å². The lowest BCUT2D eigenvalue weighted by molar-refractivity contribution is 0.0990. The molecule has 0 N–H and O–H groups in total. The van der Waals surface area contributed by atoms with E-state index in [4.69, 9.17) is 0 Å². The molecule has 0 radical (unpaired) electrons. The maximum absolute atomic E-state index is 12.0. The zero-order chi connectivity index (χ0) is 11.4. The van der Waals surface area contributed by atoms with Gasteiger partial charge >= 0.3 is 0 Å². The molecule has 1 rings (SSSR count). The molecular weight excluding hydrogens is 292 g/mol. The molecule has 82 valence electrons. The molecule has 0 amide bonds. The third kappa shape index (κ3) is 3.02. The van der Waals surface area contributed by atoms with Crippen molar-refractivity contribution >= 4 is 45.2 Å². The van der Waals surface area contributed by atoms with Crippen LogP contribution < -0.4 is 0 Å². The van der Waals surface area contributed by atoms with Gasteiger partial charge in [-0.15, -0.1) is 23.5 Å². The lowest BCUT2D eigenvalue weighted by atomic mass is 10.1. The van der Waals surface area contributed by atoms with E-state index in [0.29, 0.717) is 0 Å². The summed E-state index contributed by atoms with van der Waals surface area (Å²) in [7, 11) is 0. The molecule has 0 spiro atoms. The second-order valence-electron chi connectivity index (χ2n) is 3.02. The minimum atomic E-state index is -0.128. The van der Waals surface area contributed by atoms with Crippen molar-refractivity contribution < 1.29 is 4.79 Å². The number of carbonyl (C=O) groups is 1. The van der Waals surface area contributed by atoms with Gasteiger partial charge in [0.05, 0.1) is 4.83 Å². The van der Waals surface area contributed by atoms with Crippen LogP contribution in [-0.2, 0) is 0 Å². The summed E-state index contributed by atoms with van der Waals surface area (Å²) in [5, 5.41) is 0. The molecule has 0 aromatic heterocycles. The highest BCUT2D eigenvalue weighted by Gasteiger charge is 2.19. The van der Waals surface area contributed by atoms with E-state index in [1.165, 1.54) is 0 Å². The Morgan fingerprint density at radius 3 is 2.07 bits per heavy atom. The predicted octanol–water partition coefficient (Wildman–Crippen LogP) is 4.10. The number of alkyl halides is 1. The van der Waals surface area contributed by atoms with E-state index < -0.39 is 0 Å². The predicted molar refractivity (Wildman–Crippen MR) is 72.7 cm³/mol. The van der Waals surface area contributed by atoms with Gasteiger partial charge in [-0.2, -0.15) is 0 Å². The molecule has 0 saturated heterocycles. The molecule has 0 saturated carbocycles. The van der Waals surface area contributed by atoms with Gasteiger partial charge in [-0.1, -0.05) is 22.0 Å². The maximum atomic E-state index is 12.0. The molecule has 1 aromatic carbocycles. The van der Waals surface area contributed by atoms with Crippen LogP contribution in [0.15, 0.2) is 28.0 Å². The van der Waals surface area contributed by atoms with Crippen molar-refractivity contribution in [2.24, 2.45) is 0 Å². The van der Waals surface area contributed by atoms with Crippen molar-refractivity contribution in [2.45, 2.75) is 21.5 Å². The Morgan fingerprint density at radius 1 is 1.27 bits per heavy atom. The number of halogens is 1. The van der Waals surface area contributed by atoms with Crippen LogP contribution >= 0.6 is 39.5 Å². The molecule has 1 atom stereocenters. The van der Waals surface area contributed by atoms with E-state index >= 15 is 0 Å². The van der Waals surface area contributed by atoms with Crippen LogP contribution in [0.1, 0.15) is 17.3 Å². The molecule has 1 aromatic rings. The standard InChI is InChI=1S/C11H13BrOS2/c1-7(12)11(13)10-8(14-2)5-4-6-9(10)15-3/h4-7H,1-3H3. The number of ketones is 1. The Hall–Kier alpha value is 0.0700. The lowest BCUT2D eigenvalue weighted by Gasteiger charge is -2.11. The molecule has 1 nitrogen and oxygen atoms in total. The van der Waals surface area contributed by atoms with Crippen molar-refractivity contribution in [3.8, 4) is 0 Å². The molecule has 0 fully saturated rings. The van der Waals surface area contributed by atoms with E-state index in [9.17, 15) is 4.79 Å². The summed E-state index contributed by atoms with van der Waals surface area (Å²) in [5.74, 6) is 0.157. The first-order chi connectivity index (χ1) is 7.11. The summed E-state index contributed by atoms with van der Waals surface area (Å²) in [6.45, 7) is 1.86. The minimum Gasteiger partial charge on any atom is -0.293 e. The van der Waals surface area contributed by atoms with Gasteiger partial charge in [-0.05, 0) is 31.6 Å². The number of thioether (sulfide) groups is 2. The van der Waals surface area contributed by atoms with E-state index in [1.807, 2.05) is 37.6 Å². The van der Waals surface area contributed by atoms with Crippen molar-refractivity contribution in [2.75, 3.05) is 12.5 Å². The van der Waals surface area contributed by atoms with Gasteiger partial charge in [0.1, 0.15) is 0 Å². The third-order valence-corrected chi connectivity index (χ3v) is 4.01. The molecule has 0 bridgehead atoms. The first kappa shape index (κ1) is 13.1. The smallest absolute Gasteiger partial charge is 0.178 e. The highest BCUT2D eigenvalue weighted by Crippen LogP contribution is 2.31. The molecular formula is C11H13BrOS2. The van der Waals surface area contributed by atoms with Gasteiger partial charge < -0.3 is 0 Å². The Morgan fingerprint density at radius 2 is 1.73 bits per heavy atom. The summed E-state index contributed by atoms with van der Waals surface area (Å²) < 4.78 is 0. The number of carbonyl (C=O) groups excluding carboxylic acids is 1. The average molecular weight is 305 g/mol. The van der Waals surface area contributed by atoms with Crippen molar-refractivity contribution in [3.63, 3.8) is 0 Å². The van der Waals surface area contributed by atoms with Crippen LogP contribution in [0.5, 0.6) is 0 Å². The fourth-order valence-corrected chi connectivity index (χ4v) is 2.85. The molecule has 1 unspecified atom stereocenters. The summed E-state index contributed by atoms with van der Waals surface area (Å²) in [5.41, 5.74) is 0.849. The zero-order valence-electron chi connectivity index (χ0n) is 8.91. The lowest BCUT2D eigenvalue weighted by Crippen LogP contribution is -2.12. The number of hydrogen-bond acceptors (Lipinski definition) is 3. The molecule has 0 aliphatic heterocycles. The second kappa shape index (κ2) is 5.97. The van der Waals surface area contributed by atoms with E-state index in [2.05, 4.69) is 15.9 Å². The molecule has 0 heterocycles. The summed E-state index contributed by atoms with van der Waals surface area (Å²) in [6.07, 6.45) is 3.99. The maximum Gasteiger partial charge on any atom is 0.178 e. The Labute approximate surface area is 108 Å². The van der Waals surface area contributed by atoms with Crippen LogP contribution in [0.2, 0.25) is 0 Å². The van der Waals surface area contributed by atoms with Crippen LogP contribution in [0.25, 0.3) is 0 Å². The highest BCUT2D eigenvalue weighted by molar-refractivity contribution is 9.10. The SMILES string of the molecule is CSc1cccc(SC)c1C(=O)C(C)Br. The highest BCUT2D eigenvalue weighted by atomic mass is 79.9. The van der Waals surface area contributed by atoms with Crippen molar-refractivity contribution in [3.05, 3.63) is 23.8 Å². The van der Waals surface area contributed by atoms with Gasteiger partial charge in [0, 0.05) is 15.4 Å². The quantitative estimate of drug-likeness (QED) is 0.474. The monoisotopic (exact) mass is 304 g/mol. The zero-order valence-corrected chi connectivity index (χ0v) is 12.1. The summed E-state index contributed by atoms with van der Waals surface area (Å²) in [4.78, 5) is 14.0. The Kier molecular flexibility index (Phi) is 5.23. The minimum absolute atomic E-state index is 0.128. The van der Waals surface area contributed by atoms with Gasteiger partial charge in [-0.25, -0.2) is 0 Å². The van der Waals surface area contributed by atoms with Crippen LogP contribution in [0, 0.1) is 0 Å². The molecule has 0 aliphatic rings. The molecule has 4 heteroatoms. The fraction of sp³-hybridized carbons (Fsp3) is 0.364. The first-order valence-corrected chi connectivity index (χ1v) is 7.87. The van der Waals surface area contributed by atoms with Crippen LogP contribution in [-0.4, -0.2) is 23.1 Å². The normalized spacial score (nSPS) is 12.5. The Balaban J connectivity index is 3.28. The van der Waals surface area contributed by atoms with Gasteiger partial charge in [0.2, 0.25) is 0 Å². The fourth-order valence-electron chi connectivity index (χ4n) is 1.29. The average Bonchev–Trinajstić information content (AvgIpc) is 2.26. The number of hydrogen-bond donors (Lipinski definition) is 0. The summed E-state index contributed by atoms with van der Waals surface area (Å²) >= 11 is 6.57. The third-order valence-electron chi connectivity index (χ3n) is 2.04. The topological polar surface area (TPSA) is 17.1 Å². The van der Waals surface area contributed by atoms with Gasteiger partial charge in [0.25, 0.3) is 0 Å².